The number of nitrogens with one attached hydrogen (secondary N) is 2. The highest BCUT2D eigenvalue weighted by molar-refractivity contribution is 9.10. The van der Waals surface area contributed by atoms with Gasteiger partial charge in [-0.2, -0.15) is 5.10 Å². The first-order valence-electron chi connectivity index (χ1n) is 5.93. The molecular formula is C12H12BrN3O4S. The smallest absolute Gasteiger partial charge is 0.335 e. The number of hydrogen-bond acceptors (Lipinski definition) is 4. The fourth-order valence-corrected chi connectivity index (χ4v) is 3.85. The predicted molar refractivity (Wildman–Crippen MR) is 79.9 cm³/mol. The van der Waals surface area contributed by atoms with Gasteiger partial charge in [0, 0.05) is 10.0 Å². The third-order valence-electron chi connectivity index (χ3n) is 2.80. The molecular weight excluding hydrogens is 362 g/mol. The Labute approximate surface area is 129 Å². The van der Waals surface area contributed by atoms with E-state index in [4.69, 9.17) is 5.11 Å². The van der Waals surface area contributed by atoms with Crippen molar-refractivity contribution in [1.82, 2.24) is 10.2 Å². The maximum absolute atomic E-state index is 12.3. The van der Waals surface area contributed by atoms with Crippen LogP contribution in [0.25, 0.3) is 0 Å². The minimum Gasteiger partial charge on any atom is -0.478 e. The van der Waals surface area contributed by atoms with Crippen LogP contribution in [0.3, 0.4) is 0 Å². The summed E-state index contributed by atoms with van der Waals surface area (Å²) in [7, 11) is -3.85. The van der Waals surface area contributed by atoms with Crippen LogP contribution < -0.4 is 4.72 Å². The lowest BCUT2D eigenvalue weighted by Crippen LogP contribution is -2.15. The Morgan fingerprint density at radius 3 is 2.76 bits per heavy atom. The normalized spacial score (nSPS) is 11.3. The molecule has 3 N–H and O–H groups in total. The zero-order chi connectivity index (χ0) is 15.6. The van der Waals surface area contributed by atoms with Gasteiger partial charge in [0.05, 0.1) is 11.8 Å². The molecule has 2 aromatic rings. The minimum atomic E-state index is -3.85. The number of sulfonamides is 1. The molecule has 0 aliphatic carbocycles. The molecule has 0 unspecified atom stereocenters. The van der Waals surface area contributed by atoms with Crippen LogP contribution in [0.2, 0.25) is 0 Å². The summed E-state index contributed by atoms with van der Waals surface area (Å²) in [5, 5.41) is 15.3. The standard InChI is InChI=1S/C12H12BrN3O4S/c1-2-7-6-14-15-11(7)16-21(19,20)10-4-3-8(12(17)18)5-9(10)13/h3-6H,2H2,1H3,(H,17,18)(H2,14,15,16). The first-order chi connectivity index (χ1) is 9.85. The summed E-state index contributed by atoms with van der Waals surface area (Å²) < 4.78 is 27.2. The molecule has 0 fully saturated rings. The topological polar surface area (TPSA) is 112 Å². The fraction of sp³-hybridized carbons (Fsp3) is 0.167. The van der Waals surface area contributed by atoms with Crippen LogP contribution in [0.1, 0.15) is 22.8 Å². The number of H-pyrrole nitrogens is 1. The fourth-order valence-electron chi connectivity index (χ4n) is 1.71. The average molecular weight is 374 g/mol. The van der Waals surface area contributed by atoms with E-state index in [1.54, 1.807) is 6.20 Å². The lowest BCUT2D eigenvalue weighted by atomic mass is 10.2. The van der Waals surface area contributed by atoms with Gasteiger partial charge < -0.3 is 5.11 Å². The van der Waals surface area contributed by atoms with E-state index in [1.165, 1.54) is 18.2 Å². The van der Waals surface area contributed by atoms with Crippen molar-refractivity contribution < 1.29 is 18.3 Å². The number of aryl methyl sites for hydroxylation is 1. The summed E-state index contributed by atoms with van der Waals surface area (Å²) >= 11 is 3.08. The molecule has 0 amide bonds. The summed E-state index contributed by atoms with van der Waals surface area (Å²) in [5.74, 6) is -0.832. The molecule has 7 nitrogen and oxygen atoms in total. The van der Waals surface area contributed by atoms with Gasteiger partial charge in [-0.1, -0.05) is 6.92 Å². The van der Waals surface area contributed by atoms with Crippen LogP contribution in [-0.4, -0.2) is 29.7 Å². The van der Waals surface area contributed by atoms with E-state index >= 15 is 0 Å². The maximum atomic E-state index is 12.3. The van der Waals surface area contributed by atoms with Gasteiger partial charge in [-0.05, 0) is 40.5 Å². The van der Waals surface area contributed by atoms with Crippen molar-refractivity contribution in [2.45, 2.75) is 18.2 Å². The van der Waals surface area contributed by atoms with E-state index in [-0.39, 0.29) is 14.9 Å². The molecule has 0 bridgehead atoms. The van der Waals surface area contributed by atoms with Crippen molar-refractivity contribution in [3.05, 3.63) is 40.0 Å². The molecule has 0 radical (unpaired) electrons. The van der Waals surface area contributed by atoms with E-state index in [2.05, 4.69) is 30.8 Å². The van der Waals surface area contributed by atoms with Crippen molar-refractivity contribution >= 4 is 37.7 Å². The van der Waals surface area contributed by atoms with Crippen LogP contribution in [0.5, 0.6) is 0 Å². The van der Waals surface area contributed by atoms with Gasteiger partial charge in [0.25, 0.3) is 10.0 Å². The number of aromatic amines is 1. The molecule has 1 aromatic heterocycles. The van der Waals surface area contributed by atoms with Gasteiger partial charge in [0.2, 0.25) is 0 Å². The number of halogens is 1. The van der Waals surface area contributed by atoms with Crippen LogP contribution in [0, 0.1) is 0 Å². The molecule has 1 heterocycles. The van der Waals surface area contributed by atoms with Gasteiger partial charge >= 0.3 is 5.97 Å². The maximum Gasteiger partial charge on any atom is 0.335 e. The molecule has 21 heavy (non-hydrogen) atoms. The summed E-state index contributed by atoms with van der Waals surface area (Å²) in [6.45, 7) is 1.88. The van der Waals surface area contributed by atoms with E-state index in [9.17, 15) is 13.2 Å². The highest BCUT2D eigenvalue weighted by atomic mass is 79.9. The van der Waals surface area contributed by atoms with Crippen molar-refractivity contribution in [2.75, 3.05) is 4.72 Å². The van der Waals surface area contributed by atoms with Crippen LogP contribution >= 0.6 is 15.9 Å². The molecule has 0 aliphatic heterocycles. The lowest BCUT2D eigenvalue weighted by molar-refractivity contribution is 0.0696. The number of nitrogens with zero attached hydrogens (tertiary/aromatic N) is 1. The monoisotopic (exact) mass is 373 g/mol. The minimum absolute atomic E-state index is 0.00314. The van der Waals surface area contributed by atoms with Crippen LogP contribution in [0.15, 0.2) is 33.8 Å². The first kappa shape index (κ1) is 15.5. The van der Waals surface area contributed by atoms with Gasteiger partial charge in [-0.25, -0.2) is 13.2 Å². The highest BCUT2D eigenvalue weighted by Crippen LogP contribution is 2.26. The second kappa shape index (κ2) is 5.86. The van der Waals surface area contributed by atoms with Crippen molar-refractivity contribution in [1.29, 1.82) is 0 Å². The number of benzene rings is 1. The van der Waals surface area contributed by atoms with Gasteiger partial charge in [-0.15, -0.1) is 0 Å². The third-order valence-corrected chi connectivity index (χ3v) is 5.13. The molecule has 1 aromatic carbocycles. The SMILES string of the molecule is CCc1cn[nH]c1NS(=O)(=O)c1ccc(C(=O)O)cc1Br. The number of carboxylic acids is 1. The molecule has 0 atom stereocenters. The van der Waals surface area contributed by atoms with Crippen molar-refractivity contribution in [3.63, 3.8) is 0 Å². The average Bonchev–Trinajstić information content (AvgIpc) is 2.84. The Balaban J connectivity index is 2.38. The number of aromatic carboxylic acids is 1. The number of aromatic nitrogens is 2. The predicted octanol–water partition coefficient (Wildman–Crippen LogP) is 2.23. The Morgan fingerprint density at radius 2 is 2.19 bits per heavy atom. The number of hydrogen-bond donors (Lipinski definition) is 3. The van der Waals surface area contributed by atoms with Crippen molar-refractivity contribution in [3.8, 4) is 0 Å². The molecule has 0 saturated carbocycles. The molecule has 112 valence electrons. The zero-order valence-electron chi connectivity index (χ0n) is 10.9. The van der Waals surface area contributed by atoms with E-state index in [1.807, 2.05) is 6.92 Å². The summed E-state index contributed by atoms with van der Waals surface area (Å²) in [4.78, 5) is 10.8. The Hall–Kier alpha value is -1.87. The van der Waals surface area contributed by atoms with Crippen LogP contribution in [0.4, 0.5) is 5.82 Å². The van der Waals surface area contributed by atoms with Crippen LogP contribution in [-0.2, 0) is 16.4 Å². The first-order valence-corrected chi connectivity index (χ1v) is 8.20. The van der Waals surface area contributed by atoms with Crippen molar-refractivity contribution in [2.24, 2.45) is 0 Å². The second-order valence-corrected chi connectivity index (χ2v) is 6.68. The van der Waals surface area contributed by atoms with E-state index < -0.39 is 16.0 Å². The number of anilines is 1. The molecule has 0 aliphatic rings. The number of carbonyl (C=O) groups is 1. The summed E-state index contributed by atoms with van der Waals surface area (Å²) in [6, 6.07) is 3.71. The highest BCUT2D eigenvalue weighted by Gasteiger charge is 2.21. The van der Waals surface area contributed by atoms with Gasteiger partial charge in [0.1, 0.15) is 10.7 Å². The third kappa shape index (κ3) is 3.24. The molecule has 0 spiro atoms. The number of rotatable bonds is 5. The summed E-state index contributed by atoms with van der Waals surface area (Å²) in [6.07, 6.45) is 2.16. The lowest BCUT2D eigenvalue weighted by Gasteiger charge is -2.09. The summed E-state index contributed by atoms with van der Waals surface area (Å²) in [5.41, 5.74) is 0.730. The second-order valence-electron chi connectivity index (χ2n) is 4.18. The molecule has 9 heteroatoms. The van der Waals surface area contributed by atoms with E-state index in [0.717, 1.165) is 5.56 Å². The quantitative estimate of drug-likeness (QED) is 0.743. The van der Waals surface area contributed by atoms with Gasteiger partial charge in [-0.3, -0.25) is 9.82 Å². The van der Waals surface area contributed by atoms with Gasteiger partial charge in [0.15, 0.2) is 0 Å². The number of carboxylic acid groups (broad SMARTS) is 1. The largest absolute Gasteiger partial charge is 0.478 e. The van der Waals surface area contributed by atoms with E-state index in [0.29, 0.717) is 12.2 Å². The molecule has 2 rings (SSSR count). The Kier molecular flexibility index (Phi) is 4.33. The molecule has 0 saturated heterocycles. The Morgan fingerprint density at radius 1 is 1.48 bits per heavy atom. The Bertz CT molecular complexity index is 786. The zero-order valence-corrected chi connectivity index (χ0v) is 13.3.